The van der Waals surface area contributed by atoms with Crippen LogP contribution in [0.25, 0.3) is 11.4 Å². The average molecular weight is 392 g/mol. The van der Waals surface area contributed by atoms with Gasteiger partial charge in [0.05, 0.1) is 12.1 Å². The lowest BCUT2D eigenvalue weighted by Crippen LogP contribution is -2.34. The number of nitrogens with one attached hydrogen (secondary N) is 1. The van der Waals surface area contributed by atoms with Crippen LogP contribution in [0.4, 0.5) is 0 Å². The number of aromatic nitrogens is 5. The van der Waals surface area contributed by atoms with Gasteiger partial charge >= 0.3 is 0 Å². The number of aromatic amines is 1. The Labute approximate surface area is 168 Å². The highest BCUT2D eigenvalue weighted by atomic mass is 16.5. The van der Waals surface area contributed by atoms with Crippen molar-refractivity contribution in [2.24, 2.45) is 0 Å². The lowest BCUT2D eigenvalue weighted by molar-refractivity contribution is 0.0757. The average Bonchev–Trinajstić information content (AvgIpc) is 3.41. The molecule has 2 aliphatic rings. The molecule has 1 amide bonds. The van der Waals surface area contributed by atoms with Gasteiger partial charge in [0.25, 0.3) is 5.91 Å². The summed E-state index contributed by atoms with van der Waals surface area (Å²) in [7, 11) is 0. The predicted molar refractivity (Wildman–Crippen MR) is 106 cm³/mol. The number of rotatable bonds is 3. The predicted octanol–water partition coefficient (Wildman–Crippen LogP) is 2.26. The Kier molecular flexibility index (Phi) is 4.85. The number of H-pyrrole nitrogens is 1. The van der Waals surface area contributed by atoms with Gasteiger partial charge in [0, 0.05) is 56.6 Å². The van der Waals surface area contributed by atoms with Gasteiger partial charge in [0.15, 0.2) is 5.82 Å². The van der Waals surface area contributed by atoms with Crippen molar-refractivity contribution in [3.05, 3.63) is 53.9 Å². The maximum Gasteiger partial charge on any atom is 0.254 e. The van der Waals surface area contributed by atoms with E-state index in [4.69, 9.17) is 14.8 Å². The number of imidazole rings is 1. The third-order valence-corrected chi connectivity index (χ3v) is 5.74. The minimum atomic E-state index is 0.0207. The monoisotopic (exact) mass is 392 g/mol. The molecule has 1 saturated heterocycles. The molecule has 0 bridgehead atoms. The molecule has 4 heterocycles. The number of carbonyl (C=O) groups is 1. The maximum absolute atomic E-state index is 13.3. The minimum Gasteiger partial charge on any atom is -0.381 e. The van der Waals surface area contributed by atoms with Crippen molar-refractivity contribution in [2.75, 3.05) is 26.3 Å². The van der Waals surface area contributed by atoms with Gasteiger partial charge in [-0.2, -0.15) is 5.10 Å². The van der Waals surface area contributed by atoms with Crippen molar-refractivity contribution < 1.29 is 9.53 Å². The Bertz CT molecular complexity index is 965. The molecule has 1 aromatic carbocycles. The van der Waals surface area contributed by atoms with Gasteiger partial charge in [-0.3, -0.25) is 4.79 Å². The van der Waals surface area contributed by atoms with Gasteiger partial charge < -0.3 is 14.6 Å². The van der Waals surface area contributed by atoms with Gasteiger partial charge in [-0.05, 0) is 18.9 Å². The van der Waals surface area contributed by atoms with Gasteiger partial charge in [-0.1, -0.05) is 18.2 Å². The van der Waals surface area contributed by atoms with Gasteiger partial charge in [-0.15, -0.1) is 0 Å². The van der Waals surface area contributed by atoms with Crippen molar-refractivity contribution in [2.45, 2.75) is 31.7 Å². The molecule has 1 N–H and O–H groups in total. The second kappa shape index (κ2) is 7.79. The molecule has 0 radical (unpaired) electrons. The zero-order valence-corrected chi connectivity index (χ0v) is 16.3. The number of benzene rings is 1. The van der Waals surface area contributed by atoms with E-state index in [0.29, 0.717) is 43.4 Å². The van der Waals surface area contributed by atoms with E-state index < -0.39 is 0 Å². The number of ether oxygens (including phenoxy) is 1. The fourth-order valence-corrected chi connectivity index (χ4v) is 4.11. The summed E-state index contributed by atoms with van der Waals surface area (Å²) in [6, 6.07) is 7.61. The van der Waals surface area contributed by atoms with Crippen molar-refractivity contribution in [3.8, 4) is 11.4 Å². The molecule has 150 valence electrons. The van der Waals surface area contributed by atoms with E-state index in [0.717, 1.165) is 43.3 Å². The minimum absolute atomic E-state index is 0.0207. The van der Waals surface area contributed by atoms with E-state index >= 15 is 0 Å². The summed E-state index contributed by atoms with van der Waals surface area (Å²) in [6.45, 7) is 3.49. The van der Waals surface area contributed by atoms with Crippen molar-refractivity contribution >= 4 is 5.91 Å². The van der Waals surface area contributed by atoms with Gasteiger partial charge in [-0.25, -0.2) is 14.6 Å². The molecule has 0 saturated carbocycles. The quantitative estimate of drug-likeness (QED) is 0.739. The largest absolute Gasteiger partial charge is 0.381 e. The summed E-state index contributed by atoms with van der Waals surface area (Å²) in [4.78, 5) is 27.4. The molecular weight excluding hydrogens is 368 g/mol. The molecule has 8 nitrogen and oxygen atoms in total. The Morgan fingerprint density at radius 3 is 2.83 bits per heavy atom. The van der Waals surface area contributed by atoms with Crippen LogP contribution < -0.4 is 0 Å². The number of nitrogens with zero attached hydrogens (tertiary/aromatic N) is 5. The van der Waals surface area contributed by atoms with Gasteiger partial charge in [0.2, 0.25) is 0 Å². The molecule has 0 aliphatic carbocycles. The summed E-state index contributed by atoms with van der Waals surface area (Å²) in [5.74, 6) is 3.03. The van der Waals surface area contributed by atoms with E-state index in [1.54, 1.807) is 12.4 Å². The summed E-state index contributed by atoms with van der Waals surface area (Å²) in [5.41, 5.74) is 1.49. The molecule has 0 spiro atoms. The summed E-state index contributed by atoms with van der Waals surface area (Å²) in [6.07, 6.45) is 6.15. The zero-order chi connectivity index (χ0) is 19.6. The van der Waals surface area contributed by atoms with E-state index in [1.165, 1.54) is 0 Å². The lowest BCUT2D eigenvalue weighted by Gasteiger charge is -2.21. The van der Waals surface area contributed by atoms with Crippen LogP contribution in [0.3, 0.4) is 0 Å². The third-order valence-electron chi connectivity index (χ3n) is 5.74. The molecule has 0 atom stereocenters. The van der Waals surface area contributed by atoms with Crippen LogP contribution in [-0.2, 0) is 17.7 Å². The van der Waals surface area contributed by atoms with Crippen molar-refractivity contribution in [3.63, 3.8) is 0 Å². The van der Waals surface area contributed by atoms with Crippen LogP contribution in [0.5, 0.6) is 0 Å². The van der Waals surface area contributed by atoms with Crippen LogP contribution in [0, 0.1) is 0 Å². The van der Waals surface area contributed by atoms with Crippen LogP contribution in [0.2, 0.25) is 0 Å². The highest BCUT2D eigenvalue weighted by molar-refractivity contribution is 6.00. The first-order chi connectivity index (χ1) is 14.3. The number of fused-ring (bicyclic) bond motifs is 1. The Morgan fingerprint density at radius 2 is 2.00 bits per heavy atom. The van der Waals surface area contributed by atoms with E-state index in [1.807, 2.05) is 33.8 Å². The molecule has 3 aromatic rings. The van der Waals surface area contributed by atoms with Gasteiger partial charge in [0.1, 0.15) is 11.6 Å². The van der Waals surface area contributed by atoms with E-state index in [2.05, 4.69) is 9.97 Å². The van der Waals surface area contributed by atoms with Crippen molar-refractivity contribution in [1.82, 2.24) is 29.6 Å². The highest BCUT2D eigenvalue weighted by Gasteiger charge is 2.26. The molecule has 5 rings (SSSR count). The highest BCUT2D eigenvalue weighted by Crippen LogP contribution is 2.26. The van der Waals surface area contributed by atoms with Crippen LogP contribution in [0.15, 0.2) is 36.7 Å². The Balaban J connectivity index is 1.33. The zero-order valence-electron chi connectivity index (χ0n) is 16.3. The Morgan fingerprint density at radius 1 is 1.14 bits per heavy atom. The van der Waals surface area contributed by atoms with Crippen LogP contribution >= 0.6 is 0 Å². The normalized spacial score (nSPS) is 17.7. The topological polar surface area (TPSA) is 88.9 Å². The van der Waals surface area contributed by atoms with Crippen LogP contribution in [0.1, 0.15) is 40.8 Å². The number of hydrogen-bond acceptors (Lipinski definition) is 5. The fraction of sp³-hybridized carbons (Fsp3) is 0.429. The third kappa shape index (κ3) is 3.55. The van der Waals surface area contributed by atoms with Crippen LogP contribution in [-0.4, -0.2) is 61.8 Å². The molecule has 2 aromatic heterocycles. The molecule has 0 unspecified atom stereocenters. The maximum atomic E-state index is 13.3. The second-order valence-electron chi connectivity index (χ2n) is 7.52. The summed E-state index contributed by atoms with van der Waals surface area (Å²) in [5, 5.41) is 4.76. The summed E-state index contributed by atoms with van der Waals surface area (Å²) < 4.78 is 7.43. The van der Waals surface area contributed by atoms with E-state index in [-0.39, 0.29) is 5.91 Å². The Hall–Kier alpha value is -3.00. The molecule has 2 aliphatic heterocycles. The van der Waals surface area contributed by atoms with E-state index in [9.17, 15) is 4.79 Å². The number of hydrogen-bond donors (Lipinski definition) is 1. The first-order valence-corrected chi connectivity index (χ1v) is 10.2. The first kappa shape index (κ1) is 18.1. The fourth-order valence-electron chi connectivity index (χ4n) is 4.11. The lowest BCUT2D eigenvalue weighted by atomic mass is 10.00. The second-order valence-corrected chi connectivity index (χ2v) is 7.52. The SMILES string of the molecule is O=C(c1ccccc1-c1ncc[nH]1)N1CCc2nc(C3CCOCC3)nn2CC1. The number of carbonyl (C=O) groups excluding carboxylic acids is 1. The number of amides is 1. The molecule has 29 heavy (non-hydrogen) atoms. The molecular formula is C21H24N6O2. The smallest absolute Gasteiger partial charge is 0.254 e. The molecule has 8 heteroatoms. The molecule has 1 fully saturated rings. The first-order valence-electron chi connectivity index (χ1n) is 10.2. The summed E-state index contributed by atoms with van der Waals surface area (Å²) >= 11 is 0. The van der Waals surface area contributed by atoms with Crippen molar-refractivity contribution in [1.29, 1.82) is 0 Å². The standard InChI is InChI=1S/C21H24N6O2/c28-21(17-4-2-1-3-16(17)20-22-8-9-23-20)26-10-5-18-24-19(25-27(18)12-11-26)15-6-13-29-14-7-15/h1-4,8-9,15H,5-7,10-14H2,(H,22,23).